The highest BCUT2D eigenvalue weighted by Crippen LogP contribution is 2.28. The summed E-state index contributed by atoms with van der Waals surface area (Å²) in [5.41, 5.74) is 0. The summed E-state index contributed by atoms with van der Waals surface area (Å²) in [5, 5.41) is 9.15. The van der Waals surface area contributed by atoms with E-state index in [-0.39, 0.29) is 24.0 Å². The molecule has 0 bridgehead atoms. The van der Waals surface area contributed by atoms with E-state index in [2.05, 4.69) is 0 Å². The zero-order chi connectivity index (χ0) is 15.5. The minimum atomic E-state index is -0.740. The van der Waals surface area contributed by atoms with Crippen molar-refractivity contribution < 1.29 is 19.4 Å². The molecule has 3 unspecified atom stereocenters. The van der Waals surface area contributed by atoms with E-state index in [1.54, 1.807) is 0 Å². The molecule has 0 spiro atoms. The van der Waals surface area contributed by atoms with Gasteiger partial charge < -0.3 is 14.7 Å². The molecule has 3 aliphatic rings. The first kappa shape index (κ1) is 15.7. The first-order valence-corrected chi connectivity index (χ1v) is 8.51. The average Bonchev–Trinajstić information content (AvgIpc) is 2.54. The number of carboxylic acid groups (broad SMARTS) is 1. The van der Waals surface area contributed by atoms with Gasteiger partial charge in [-0.2, -0.15) is 0 Å². The van der Waals surface area contributed by atoms with Gasteiger partial charge >= 0.3 is 5.97 Å². The van der Waals surface area contributed by atoms with E-state index in [0.717, 1.165) is 32.2 Å². The highest BCUT2D eigenvalue weighted by atomic mass is 16.5. The second kappa shape index (κ2) is 6.96. The minimum Gasteiger partial charge on any atom is -0.481 e. The molecule has 2 aliphatic heterocycles. The fraction of sp³-hybridized carbons (Fsp3) is 0.875. The first-order chi connectivity index (χ1) is 10.6. The number of ether oxygens (including phenoxy) is 1. The largest absolute Gasteiger partial charge is 0.481 e. The van der Waals surface area contributed by atoms with Gasteiger partial charge in [0, 0.05) is 13.1 Å². The molecule has 0 aromatic carbocycles. The number of morpholine rings is 1. The van der Waals surface area contributed by atoms with Crippen LogP contribution in [0, 0.1) is 5.92 Å². The Morgan fingerprint density at radius 3 is 2.73 bits per heavy atom. The molecule has 1 aliphatic carbocycles. The summed E-state index contributed by atoms with van der Waals surface area (Å²) >= 11 is 0. The van der Waals surface area contributed by atoms with E-state index in [1.807, 2.05) is 9.80 Å². The Kier molecular flexibility index (Phi) is 4.98. The number of aliphatic carboxylic acids is 1. The van der Waals surface area contributed by atoms with Crippen LogP contribution in [0.4, 0.5) is 0 Å². The summed E-state index contributed by atoms with van der Waals surface area (Å²) in [6.45, 7) is 2.99. The Hall–Kier alpha value is -1.14. The fourth-order valence-corrected chi connectivity index (χ4v) is 4.09. The summed E-state index contributed by atoms with van der Waals surface area (Å²) in [7, 11) is 0. The van der Waals surface area contributed by atoms with Gasteiger partial charge in [-0.1, -0.05) is 12.8 Å². The number of carbonyl (C=O) groups is 2. The number of piperidine rings is 1. The number of hydrogen-bond acceptors (Lipinski definition) is 4. The number of rotatable bonds is 3. The lowest BCUT2D eigenvalue weighted by atomic mass is 9.90. The van der Waals surface area contributed by atoms with Crippen molar-refractivity contribution in [2.24, 2.45) is 5.92 Å². The van der Waals surface area contributed by atoms with Crippen LogP contribution in [0.2, 0.25) is 0 Å². The maximum atomic E-state index is 12.7. The Balaban J connectivity index is 1.57. The van der Waals surface area contributed by atoms with Crippen LogP contribution < -0.4 is 0 Å². The lowest BCUT2D eigenvalue weighted by molar-refractivity contribution is -0.152. The van der Waals surface area contributed by atoms with Gasteiger partial charge in [-0.05, 0) is 32.2 Å². The number of hydrogen-bond donors (Lipinski definition) is 1. The third kappa shape index (κ3) is 3.43. The predicted molar refractivity (Wildman–Crippen MR) is 80.5 cm³/mol. The molecule has 0 aromatic rings. The molecule has 3 atom stereocenters. The van der Waals surface area contributed by atoms with Gasteiger partial charge in [0.2, 0.25) is 5.91 Å². The summed E-state index contributed by atoms with van der Waals surface area (Å²) < 4.78 is 5.82. The van der Waals surface area contributed by atoms with Crippen molar-refractivity contribution in [3.8, 4) is 0 Å². The van der Waals surface area contributed by atoms with Crippen molar-refractivity contribution in [3.63, 3.8) is 0 Å². The van der Waals surface area contributed by atoms with E-state index in [9.17, 15) is 9.59 Å². The van der Waals surface area contributed by atoms with Crippen LogP contribution >= 0.6 is 0 Å². The molecule has 0 aromatic heterocycles. The fourth-order valence-electron chi connectivity index (χ4n) is 4.09. The third-order valence-electron chi connectivity index (χ3n) is 5.27. The maximum Gasteiger partial charge on any atom is 0.307 e. The molecule has 6 nitrogen and oxygen atoms in total. The van der Waals surface area contributed by atoms with Crippen molar-refractivity contribution in [3.05, 3.63) is 0 Å². The highest BCUT2D eigenvalue weighted by Gasteiger charge is 2.37. The number of amides is 1. The standard InChI is InChI=1S/C16H26N2O4/c19-15(11-17-7-3-4-12(10-17)16(20)21)18-8-9-22-14-6-2-1-5-13(14)18/h12-14H,1-11H2,(H,20,21). The molecule has 6 heteroatoms. The maximum absolute atomic E-state index is 12.7. The average molecular weight is 310 g/mol. The molecular weight excluding hydrogens is 284 g/mol. The summed E-state index contributed by atoms with van der Waals surface area (Å²) in [5.74, 6) is -0.921. The van der Waals surface area contributed by atoms with Gasteiger partial charge in [0.25, 0.3) is 0 Å². The second-order valence-electron chi connectivity index (χ2n) is 6.76. The molecule has 1 N–H and O–H groups in total. The smallest absolute Gasteiger partial charge is 0.307 e. The molecule has 1 saturated carbocycles. The van der Waals surface area contributed by atoms with Crippen LogP contribution in [0.3, 0.4) is 0 Å². The van der Waals surface area contributed by atoms with Crippen molar-refractivity contribution >= 4 is 11.9 Å². The van der Waals surface area contributed by atoms with Gasteiger partial charge in [-0.25, -0.2) is 0 Å². The van der Waals surface area contributed by atoms with Crippen molar-refractivity contribution in [2.45, 2.75) is 50.7 Å². The zero-order valence-corrected chi connectivity index (χ0v) is 13.1. The zero-order valence-electron chi connectivity index (χ0n) is 13.1. The van der Waals surface area contributed by atoms with Crippen LogP contribution in [0.15, 0.2) is 0 Å². The SMILES string of the molecule is O=C(O)C1CCCN(CC(=O)N2CCOC3CCCCC32)C1. The minimum absolute atomic E-state index is 0.145. The normalized spacial score (nSPS) is 33.3. The van der Waals surface area contributed by atoms with Gasteiger partial charge in [-0.15, -0.1) is 0 Å². The monoisotopic (exact) mass is 310 g/mol. The molecule has 2 saturated heterocycles. The van der Waals surface area contributed by atoms with Crippen molar-refractivity contribution in [2.75, 3.05) is 32.8 Å². The summed E-state index contributed by atoms with van der Waals surface area (Å²) in [6.07, 6.45) is 6.24. The molecule has 2 heterocycles. The lowest BCUT2D eigenvalue weighted by Crippen LogP contribution is -2.57. The number of likely N-dealkylation sites (tertiary alicyclic amines) is 1. The van der Waals surface area contributed by atoms with Crippen LogP contribution in [0.5, 0.6) is 0 Å². The second-order valence-corrected chi connectivity index (χ2v) is 6.76. The van der Waals surface area contributed by atoms with E-state index in [0.29, 0.717) is 26.2 Å². The Morgan fingerprint density at radius 2 is 1.91 bits per heavy atom. The molecule has 3 fully saturated rings. The first-order valence-electron chi connectivity index (χ1n) is 8.51. The Bertz CT molecular complexity index is 426. The molecule has 0 radical (unpaired) electrons. The lowest BCUT2D eigenvalue weighted by Gasteiger charge is -2.44. The molecule has 124 valence electrons. The topological polar surface area (TPSA) is 70.1 Å². The van der Waals surface area contributed by atoms with Crippen molar-refractivity contribution in [1.82, 2.24) is 9.80 Å². The van der Waals surface area contributed by atoms with Crippen LogP contribution in [0.1, 0.15) is 38.5 Å². The van der Waals surface area contributed by atoms with E-state index in [4.69, 9.17) is 9.84 Å². The van der Waals surface area contributed by atoms with Gasteiger partial charge in [0.15, 0.2) is 0 Å². The Labute approximate surface area is 131 Å². The third-order valence-corrected chi connectivity index (χ3v) is 5.27. The van der Waals surface area contributed by atoms with Crippen molar-refractivity contribution in [1.29, 1.82) is 0 Å². The van der Waals surface area contributed by atoms with E-state index in [1.165, 1.54) is 12.8 Å². The number of fused-ring (bicyclic) bond motifs is 1. The number of carbonyl (C=O) groups excluding carboxylic acids is 1. The number of nitrogens with zero attached hydrogens (tertiary/aromatic N) is 2. The van der Waals surface area contributed by atoms with Gasteiger partial charge in [0.1, 0.15) is 0 Å². The van der Waals surface area contributed by atoms with E-state index < -0.39 is 5.97 Å². The molecular formula is C16H26N2O4. The molecule has 22 heavy (non-hydrogen) atoms. The molecule has 3 rings (SSSR count). The van der Waals surface area contributed by atoms with Crippen LogP contribution in [0.25, 0.3) is 0 Å². The summed E-state index contributed by atoms with van der Waals surface area (Å²) in [6, 6.07) is 0.232. The predicted octanol–water partition coefficient (Wildman–Crippen LogP) is 0.953. The molecule has 1 amide bonds. The quantitative estimate of drug-likeness (QED) is 0.840. The van der Waals surface area contributed by atoms with Gasteiger partial charge in [0.05, 0.1) is 31.2 Å². The van der Waals surface area contributed by atoms with E-state index >= 15 is 0 Å². The van der Waals surface area contributed by atoms with Crippen LogP contribution in [-0.4, -0.2) is 71.7 Å². The van der Waals surface area contributed by atoms with Gasteiger partial charge in [-0.3, -0.25) is 14.5 Å². The van der Waals surface area contributed by atoms with Crippen LogP contribution in [-0.2, 0) is 14.3 Å². The summed E-state index contributed by atoms with van der Waals surface area (Å²) in [4.78, 5) is 27.8. The highest BCUT2D eigenvalue weighted by molar-refractivity contribution is 5.79. The number of carboxylic acids is 1. The Morgan fingerprint density at radius 1 is 1.09 bits per heavy atom.